The highest BCUT2D eigenvalue weighted by atomic mass is 16.5. The van der Waals surface area contributed by atoms with E-state index in [1.807, 2.05) is 12.1 Å². The van der Waals surface area contributed by atoms with Crippen molar-refractivity contribution < 1.29 is 23.5 Å². The van der Waals surface area contributed by atoms with Crippen LogP contribution in [0.1, 0.15) is 40.9 Å². The number of nitrogens with zero attached hydrogens (tertiary/aromatic N) is 2. The molecule has 0 aliphatic carbocycles. The van der Waals surface area contributed by atoms with Gasteiger partial charge >= 0.3 is 5.97 Å². The van der Waals surface area contributed by atoms with E-state index < -0.39 is 0 Å². The Balaban J connectivity index is 1.51. The van der Waals surface area contributed by atoms with Gasteiger partial charge in [-0.25, -0.2) is 0 Å². The third kappa shape index (κ3) is 4.29. The van der Waals surface area contributed by atoms with E-state index in [4.69, 9.17) is 13.9 Å². The lowest BCUT2D eigenvalue weighted by atomic mass is 10.0. The van der Waals surface area contributed by atoms with E-state index in [1.54, 1.807) is 17.0 Å². The van der Waals surface area contributed by atoms with Crippen molar-refractivity contribution in [1.82, 2.24) is 9.80 Å². The van der Waals surface area contributed by atoms with Gasteiger partial charge in [0.2, 0.25) is 0 Å². The van der Waals surface area contributed by atoms with E-state index in [-0.39, 0.29) is 17.9 Å². The molecule has 2 aromatic rings. The molecule has 1 aromatic carbocycles. The Kier molecular flexibility index (Phi) is 5.85. The Bertz CT molecular complexity index is 864. The van der Waals surface area contributed by atoms with Gasteiger partial charge in [-0.2, -0.15) is 0 Å². The average Bonchev–Trinajstić information content (AvgIpc) is 3.20. The van der Waals surface area contributed by atoms with Gasteiger partial charge in [0.1, 0.15) is 18.4 Å². The van der Waals surface area contributed by atoms with Crippen LogP contribution in [0.5, 0.6) is 5.75 Å². The van der Waals surface area contributed by atoms with Crippen molar-refractivity contribution in [2.45, 2.75) is 38.4 Å². The van der Waals surface area contributed by atoms with Crippen LogP contribution in [0, 0.1) is 0 Å². The Morgan fingerprint density at radius 2 is 2.10 bits per heavy atom. The Morgan fingerprint density at radius 1 is 1.21 bits per heavy atom. The number of hydrogen-bond acceptors (Lipinski definition) is 6. The van der Waals surface area contributed by atoms with Gasteiger partial charge < -0.3 is 18.8 Å². The molecule has 1 amide bonds. The standard InChI is InChI=1S/C22H26N2O5/c1-27-22(26)18-5-2-3-9-23(18)14-16-7-8-19-17(13-16)15-24(10-12-29-19)21(25)20-6-4-11-28-20/h4,6-8,11,13,18H,2-3,5,9-10,12,14-15H2,1H3. The Morgan fingerprint density at radius 3 is 2.90 bits per heavy atom. The van der Waals surface area contributed by atoms with E-state index in [9.17, 15) is 9.59 Å². The van der Waals surface area contributed by atoms with Gasteiger partial charge in [-0.15, -0.1) is 0 Å². The van der Waals surface area contributed by atoms with Crippen molar-refractivity contribution in [1.29, 1.82) is 0 Å². The second-order valence-corrected chi connectivity index (χ2v) is 7.50. The van der Waals surface area contributed by atoms with Crippen LogP contribution in [0.4, 0.5) is 0 Å². The molecule has 0 N–H and O–H groups in total. The number of rotatable bonds is 4. The summed E-state index contributed by atoms with van der Waals surface area (Å²) >= 11 is 0. The van der Waals surface area contributed by atoms with Crippen LogP contribution in [0.25, 0.3) is 0 Å². The molecule has 0 saturated carbocycles. The van der Waals surface area contributed by atoms with Gasteiger partial charge in [0.25, 0.3) is 5.91 Å². The number of ether oxygens (including phenoxy) is 2. The van der Waals surface area contributed by atoms with Crippen molar-refractivity contribution in [2.24, 2.45) is 0 Å². The first-order valence-electron chi connectivity index (χ1n) is 10.0. The molecule has 7 nitrogen and oxygen atoms in total. The normalized spacial score (nSPS) is 19.8. The van der Waals surface area contributed by atoms with Crippen LogP contribution in [-0.4, -0.2) is 54.5 Å². The number of furan rings is 1. The average molecular weight is 398 g/mol. The summed E-state index contributed by atoms with van der Waals surface area (Å²) in [4.78, 5) is 28.8. The number of benzene rings is 1. The minimum atomic E-state index is -0.194. The van der Waals surface area contributed by atoms with Crippen LogP contribution in [0.2, 0.25) is 0 Å². The minimum absolute atomic E-state index is 0.140. The number of carbonyl (C=O) groups is 2. The van der Waals surface area contributed by atoms with Crippen LogP contribution < -0.4 is 4.74 Å². The fourth-order valence-electron chi connectivity index (χ4n) is 4.09. The fourth-order valence-corrected chi connectivity index (χ4v) is 4.09. The molecule has 0 bridgehead atoms. The van der Waals surface area contributed by atoms with Crippen LogP contribution in [0.15, 0.2) is 41.0 Å². The van der Waals surface area contributed by atoms with Gasteiger partial charge in [0.15, 0.2) is 5.76 Å². The third-order valence-corrected chi connectivity index (χ3v) is 5.60. The van der Waals surface area contributed by atoms with Gasteiger partial charge in [-0.05, 0) is 49.2 Å². The second-order valence-electron chi connectivity index (χ2n) is 7.50. The molecule has 7 heteroatoms. The smallest absolute Gasteiger partial charge is 0.323 e. The van der Waals surface area contributed by atoms with Crippen molar-refractivity contribution >= 4 is 11.9 Å². The summed E-state index contributed by atoms with van der Waals surface area (Å²) in [6.07, 6.45) is 4.45. The maximum absolute atomic E-state index is 12.7. The summed E-state index contributed by atoms with van der Waals surface area (Å²) in [6, 6.07) is 9.26. The highest BCUT2D eigenvalue weighted by molar-refractivity contribution is 5.91. The molecule has 2 aliphatic heterocycles. The van der Waals surface area contributed by atoms with Crippen LogP contribution in [-0.2, 0) is 22.6 Å². The lowest BCUT2D eigenvalue weighted by Gasteiger charge is -2.33. The molecule has 154 valence electrons. The van der Waals surface area contributed by atoms with Crippen molar-refractivity contribution in [3.63, 3.8) is 0 Å². The van der Waals surface area contributed by atoms with Gasteiger partial charge in [0, 0.05) is 18.7 Å². The van der Waals surface area contributed by atoms with E-state index in [0.29, 0.717) is 32.0 Å². The summed E-state index contributed by atoms with van der Waals surface area (Å²) in [7, 11) is 1.44. The lowest BCUT2D eigenvalue weighted by molar-refractivity contribution is -0.148. The van der Waals surface area contributed by atoms with Gasteiger partial charge in [-0.3, -0.25) is 14.5 Å². The topological polar surface area (TPSA) is 72.2 Å². The zero-order chi connectivity index (χ0) is 20.2. The number of amides is 1. The minimum Gasteiger partial charge on any atom is -0.491 e. The van der Waals surface area contributed by atoms with Crippen LogP contribution in [0.3, 0.4) is 0 Å². The molecule has 29 heavy (non-hydrogen) atoms. The fraction of sp³-hybridized carbons (Fsp3) is 0.455. The van der Waals surface area contributed by atoms with E-state index >= 15 is 0 Å². The number of esters is 1. The molecule has 1 fully saturated rings. The SMILES string of the molecule is COC(=O)C1CCCCN1Cc1ccc2c(c1)CN(C(=O)c1ccco1)CCO2. The molecule has 1 atom stereocenters. The van der Waals surface area contributed by atoms with E-state index in [0.717, 1.165) is 42.7 Å². The second kappa shape index (κ2) is 8.69. The molecule has 0 spiro atoms. The van der Waals surface area contributed by atoms with Crippen molar-refractivity contribution in [3.05, 3.63) is 53.5 Å². The zero-order valence-corrected chi connectivity index (χ0v) is 16.6. The molecular formula is C22H26N2O5. The maximum Gasteiger partial charge on any atom is 0.323 e. The highest BCUT2D eigenvalue weighted by Gasteiger charge is 2.30. The predicted octanol–water partition coefficient (Wildman–Crippen LogP) is 2.84. The maximum atomic E-state index is 12.7. The molecular weight excluding hydrogens is 372 g/mol. The largest absolute Gasteiger partial charge is 0.491 e. The highest BCUT2D eigenvalue weighted by Crippen LogP contribution is 2.27. The number of fused-ring (bicyclic) bond motifs is 1. The quantitative estimate of drug-likeness (QED) is 0.738. The first-order valence-corrected chi connectivity index (χ1v) is 10.0. The first kappa shape index (κ1) is 19.5. The van der Waals surface area contributed by atoms with Gasteiger partial charge in [-0.1, -0.05) is 12.5 Å². The number of likely N-dealkylation sites (tertiary alicyclic amines) is 1. The third-order valence-electron chi connectivity index (χ3n) is 5.60. The number of piperidine rings is 1. The number of carbonyl (C=O) groups excluding carboxylic acids is 2. The summed E-state index contributed by atoms with van der Waals surface area (Å²) in [5, 5.41) is 0. The predicted molar refractivity (Wildman–Crippen MR) is 105 cm³/mol. The summed E-state index contributed by atoms with van der Waals surface area (Å²) in [6.45, 7) is 2.94. The molecule has 3 heterocycles. The van der Waals surface area contributed by atoms with E-state index in [2.05, 4.69) is 11.0 Å². The van der Waals surface area contributed by atoms with Crippen LogP contribution >= 0.6 is 0 Å². The molecule has 1 saturated heterocycles. The zero-order valence-electron chi connectivity index (χ0n) is 16.6. The molecule has 4 rings (SSSR count). The monoisotopic (exact) mass is 398 g/mol. The lowest BCUT2D eigenvalue weighted by Crippen LogP contribution is -2.44. The Hall–Kier alpha value is -2.80. The number of methoxy groups -OCH3 is 1. The molecule has 1 aromatic heterocycles. The number of hydrogen-bond donors (Lipinski definition) is 0. The van der Waals surface area contributed by atoms with Crippen molar-refractivity contribution in [2.75, 3.05) is 26.8 Å². The van der Waals surface area contributed by atoms with Gasteiger partial charge in [0.05, 0.1) is 19.9 Å². The summed E-state index contributed by atoms with van der Waals surface area (Å²) in [5.41, 5.74) is 2.06. The van der Waals surface area contributed by atoms with Crippen molar-refractivity contribution in [3.8, 4) is 5.75 Å². The first-order chi connectivity index (χ1) is 14.2. The molecule has 0 radical (unpaired) electrons. The molecule has 1 unspecified atom stereocenters. The Labute approximate surface area is 170 Å². The van der Waals surface area contributed by atoms with E-state index in [1.165, 1.54) is 13.4 Å². The summed E-state index contributed by atoms with van der Waals surface area (Å²) in [5.74, 6) is 0.821. The molecule has 2 aliphatic rings. The summed E-state index contributed by atoms with van der Waals surface area (Å²) < 4.78 is 16.1.